The lowest BCUT2D eigenvalue weighted by Gasteiger charge is -2.14. The van der Waals surface area contributed by atoms with Gasteiger partial charge >= 0.3 is 0 Å². The van der Waals surface area contributed by atoms with Crippen LogP contribution in [0.1, 0.15) is 32.3 Å². The first kappa shape index (κ1) is 23.1. The van der Waals surface area contributed by atoms with Crippen LogP contribution in [0.3, 0.4) is 0 Å². The minimum atomic E-state index is -0.0768. The Labute approximate surface area is 202 Å². The summed E-state index contributed by atoms with van der Waals surface area (Å²) in [5.41, 5.74) is 2.89. The summed E-state index contributed by atoms with van der Waals surface area (Å²) >= 11 is 2.97. The van der Waals surface area contributed by atoms with E-state index in [4.69, 9.17) is 4.74 Å². The van der Waals surface area contributed by atoms with Gasteiger partial charge in [-0.2, -0.15) is 0 Å². The summed E-state index contributed by atoms with van der Waals surface area (Å²) in [6.45, 7) is 6.81. The number of thioether (sulfide) groups is 1. The van der Waals surface area contributed by atoms with Crippen LogP contribution in [0.2, 0.25) is 0 Å². The average Bonchev–Trinajstić information content (AvgIpc) is 3.48. The quantitative estimate of drug-likeness (QED) is 0.288. The fraction of sp³-hybridized carbons (Fsp3) is 0.240. The average molecular weight is 479 g/mol. The molecule has 0 aliphatic heterocycles. The normalized spacial score (nSPS) is 11.0. The van der Waals surface area contributed by atoms with Crippen molar-refractivity contribution in [2.24, 2.45) is 0 Å². The van der Waals surface area contributed by atoms with Crippen LogP contribution in [0.25, 0.3) is 16.4 Å². The summed E-state index contributed by atoms with van der Waals surface area (Å²) in [7, 11) is 0. The number of nitrogens with zero attached hydrogens (tertiary/aromatic N) is 3. The van der Waals surface area contributed by atoms with Crippen LogP contribution in [0.4, 0.5) is 5.69 Å². The Morgan fingerprint density at radius 3 is 2.58 bits per heavy atom. The highest BCUT2D eigenvalue weighted by Crippen LogP contribution is 2.31. The maximum atomic E-state index is 12.8. The highest BCUT2D eigenvalue weighted by Gasteiger charge is 2.18. The van der Waals surface area contributed by atoms with Gasteiger partial charge in [-0.25, -0.2) is 0 Å². The number of hydrogen-bond acceptors (Lipinski definition) is 6. The summed E-state index contributed by atoms with van der Waals surface area (Å²) in [5.74, 6) is 2.04. The molecule has 0 unspecified atom stereocenters. The second kappa shape index (κ2) is 10.7. The smallest absolute Gasteiger partial charge is 0.234 e. The molecule has 170 valence electrons. The van der Waals surface area contributed by atoms with Gasteiger partial charge in [0.15, 0.2) is 11.0 Å². The fourth-order valence-corrected chi connectivity index (χ4v) is 4.90. The van der Waals surface area contributed by atoms with Crippen molar-refractivity contribution < 1.29 is 9.53 Å². The van der Waals surface area contributed by atoms with E-state index in [1.54, 1.807) is 11.3 Å². The van der Waals surface area contributed by atoms with Gasteiger partial charge in [-0.1, -0.05) is 49.9 Å². The third kappa shape index (κ3) is 5.46. The molecule has 2 aromatic heterocycles. The van der Waals surface area contributed by atoms with Crippen LogP contribution in [0.15, 0.2) is 71.2 Å². The minimum absolute atomic E-state index is 0.0768. The van der Waals surface area contributed by atoms with Crippen LogP contribution < -0.4 is 10.1 Å². The van der Waals surface area contributed by atoms with E-state index in [2.05, 4.69) is 29.4 Å². The molecule has 0 spiro atoms. The van der Waals surface area contributed by atoms with Gasteiger partial charge in [0.2, 0.25) is 5.91 Å². The molecule has 4 aromatic rings. The van der Waals surface area contributed by atoms with Gasteiger partial charge < -0.3 is 10.1 Å². The van der Waals surface area contributed by atoms with E-state index in [9.17, 15) is 4.79 Å². The number of carbonyl (C=O) groups excluding carboxylic acids is 1. The molecule has 2 aromatic carbocycles. The standard InChI is InChI=1S/C25H26N4O2S2/c1-4-31-19-13-11-18(12-14-19)29-24(22-10-7-15-32-22)27-28-25(29)33-16-23(30)26-21-9-6-5-8-20(21)17(2)3/h5-15,17H,4,16H2,1-3H3,(H,26,30). The molecule has 8 heteroatoms. The van der Waals surface area contributed by atoms with E-state index in [0.29, 0.717) is 17.7 Å². The minimum Gasteiger partial charge on any atom is -0.494 e. The van der Waals surface area contributed by atoms with Crippen molar-refractivity contribution in [1.82, 2.24) is 14.8 Å². The highest BCUT2D eigenvalue weighted by atomic mass is 32.2. The monoisotopic (exact) mass is 478 g/mol. The molecule has 0 atom stereocenters. The predicted molar refractivity (Wildman–Crippen MR) is 136 cm³/mol. The maximum Gasteiger partial charge on any atom is 0.234 e. The number of carbonyl (C=O) groups is 1. The summed E-state index contributed by atoms with van der Waals surface area (Å²) < 4.78 is 7.56. The van der Waals surface area contributed by atoms with Crippen molar-refractivity contribution >= 4 is 34.7 Å². The van der Waals surface area contributed by atoms with Crippen molar-refractivity contribution in [2.75, 3.05) is 17.7 Å². The zero-order valence-corrected chi connectivity index (χ0v) is 20.5. The zero-order valence-electron chi connectivity index (χ0n) is 18.8. The van der Waals surface area contributed by atoms with E-state index >= 15 is 0 Å². The van der Waals surface area contributed by atoms with Crippen molar-refractivity contribution in [3.05, 3.63) is 71.6 Å². The van der Waals surface area contributed by atoms with Crippen LogP contribution in [0.5, 0.6) is 5.75 Å². The summed E-state index contributed by atoms with van der Waals surface area (Å²) in [6.07, 6.45) is 0. The lowest BCUT2D eigenvalue weighted by Crippen LogP contribution is -2.16. The number of benzene rings is 2. The molecule has 0 aliphatic carbocycles. The van der Waals surface area contributed by atoms with Gasteiger partial charge in [0.1, 0.15) is 5.75 Å². The lowest BCUT2D eigenvalue weighted by molar-refractivity contribution is -0.113. The Morgan fingerprint density at radius 1 is 1.09 bits per heavy atom. The number of ether oxygens (including phenoxy) is 1. The molecule has 1 N–H and O–H groups in total. The van der Waals surface area contributed by atoms with E-state index in [1.165, 1.54) is 11.8 Å². The van der Waals surface area contributed by atoms with Gasteiger partial charge in [-0.05, 0) is 60.2 Å². The Bertz CT molecular complexity index is 1200. The topological polar surface area (TPSA) is 69.0 Å². The number of thiophene rings is 1. The SMILES string of the molecule is CCOc1ccc(-n2c(SCC(=O)Nc3ccccc3C(C)C)nnc2-c2cccs2)cc1. The van der Waals surface area contributed by atoms with E-state index in [0.717, 1.165) is 33.4 Å². The maximum absolute atomic E-state index is 12.8. The fourth-order valence-electron chi connectivity index (χ4n) is 3.45. The first-order valence-corrected chi connectivity index (χ1v) is 12.7. The summed E-state index contributed by atoms with van der Waals surface area (Å²) in [4.78, 5) is 13.8. The predicted octanol–water partition coefficient (Wildman–Crippen LogP) is 6.25. The highest BCUT2D eigenvalue weighted by molar-refractivity contribution is 7.99. The third-order valence-corrected chi connectivity index (χ3v) is 6.76. The Morgan fingerprint density at radius 2 is 1.88 bits per heavy atom. The molecule has 4 rings (SSSR count). The van der Waals surface area contributed by atoms with E-state index in [-0.39, 0.29) is 11.7 Å². The number of rotatable bonds is 9. The molecule has 33 heavy (non-hydrogen) atoms. The van der Waals surface area contributed by atoms with Crippen LogP contribution in [0, 0.1) is 0 Å². The molecule has 1 amide bonds. The number of amides is 1. The molecule has 0 fully saturated rings. The van der Waals surface area contributed by atoms with Crippen molar-refractivity contribution in [2.45, 2.75) is 31.8 Å². The number of aromatic nitrogens is 3. The molecule has 0 radical (unpaired) electrons. The Hall–Kier alpha value is -3.10. The van der Waals surface area contributed by atoms with Crippen molar-refractivity contribution in [3.8, 4) is 22.1 Å². The zero-order chi connectivity index (χ0) is 23.2. The molecular weight excluding hydrogens is 452 g/mol. The second-order valence-corrected chi connectivity index (χ2v) is 9.51. The number of anilines is 1. The third-order valence-electron chi connectivity index (χ3n) is 4.97. The van der Waals surface area contributed by atoms with Crippen LogP contribution in [-0.2, 0) is 4.79 Å². The number of nitrogens with one attached hydrogen (secondary N) is 1. The van der Waals surface area contributed by atoms with Crippen LogP contribution >= 0.6 is 23.1 Å². The summed E-state index contributed by atoms with van der Waals surface area (Å²) in [6, 6.07) is 19.7. The molecule has 6 nitrogen and oxygen atoms in total. The molecule has 0 saturated carbocycles. The van der Waals surface area contributed by atoms with Gasteiger partial charge in [0.05, 0.1) is 22.9 Å². The largest absolute Gasteiger partial charge is 0.494 e. The van der Waals surface area contributed by atoms with E-state index in [1.807, 2.05) is 77.5 Å². The molecule has 0 saturated heterocycles. The second-order valence-electron chi connectivity index (χ2n) is 7.62. The first-order chi connectivity index (χ1) is 16.1. The number of para-hydroxylation sites is 1. The van der Waals surface area contributed by atoms with Gasteiger partial charge in [0, 0.05) is 5.69 Å². The number of hydrogen-bond donors (Lipinski definition) is 1. The van der Waals surface area contributed by atoms with Gasteiger partial charge in [0.25, 0.3) is 0 Å². The Kier molecular flexibility index (Phi) is 7.47. The van der Waals surface area contributed by atoms with E-state index < -0.39 is 0 Å². The van der Waals surface area contributed by atoms with Crippen molar-refractivity contribution in [3.63, 3.8) is 0 Å². The van der Waals surface area contributed by atoms with Crippen molar-refractivity contribution in [1.29, 1.82) is 0 Å². The molecule has 0 aliphatic rings. The summed E-state index contributed by atoms with van der Waals surface area (Å²) in [5, 5.41) is 14.6. The Balaban J connectivity index is 1.56. The molecule has 2 heterocycles. The molecule has 0 bridgehead atoms. The first-order valence-electron chi connectivity index (χ1n) is 10.8. The van der Waals surface area contributed by atoms with Gasteiger partial charge in [-0.3, -0.25) is 9.36 Å². The van der Waals surface area contributed by atoms with Gasteiger partial charge in [-0.15, -0.1) is 21.5 Å². The lowest BCUT2D eigenvalue weighted by atomic mass is 10.0. The molecular formula is C25H26N4O2S2. The van der Waals surface area contributed by atoms with Crippen LogP contribution in [-0.4, -0.2) is 33.0 Å².